The highest BCUT2D eigenvalue weighted by atomic mass is 35.5. The fourth-order valence-electron chi connectivity index (χ4n) is 2.36. The van der Waals surface area contributed by atoms with Gasteiger partial charge in [0.15, 0.2) is 0 Å². The Labute approximate surface area is 170 Å². The van der Waals surface area contributed by atoms with E-state index in [4.69, 9.17) is 28.4 Å². The first-order valence-electron chi connectivity index (χ1n) is 7.72. The van der Waals surface area contributed by atoms with Crippen molar-refractivity contribution in [1.82, 2.24) is 9.79 Å². The number of nitro benzene ring substituents is 1. The van der Waals surface area contributed by atoms with E-state index in [0.29, 0.717) is 5.56 Å². The second-order valence-corrected chi connectivity index (χ2v) is 8.40. The zero-order valence-corrected chi connectivity index (χ0v) is 16.7. The highest BCUT2D eigenvalue weighted by Crippen LogP contribution is 2.30. The van der Waals surface area contributed by atoms with Gasteiger partial charge in [0.1, 0.15) is 10.9 Å². The van der Waals surface area contributed by atoms with Crippen LogP contribution in [0.5, 0.6) is 0 Å². The van der Waals surface area contributed by atoms with Crippen LogP contribution in [-0.4, -0.2) is 34.8 Å². The van der Waals surface area contributed by atoms with Crippen LogP contribution in [0.1, 0.15) is 12.5 Å². The summed E-state index contributed by atoms with van der Waals surface area (Å²) in [6, 6.07) is 7.69. The van der Waals surface area contributed by atoms with Gasteiger partial charge in [0.05, 0.1) is 9.95 Å². The SMILES string of the molecule is CC(C(=O)NO)N(Cc1ccc([N+](=O)[O-])cc1)S(=O)(=O)c1cc(Cl)ccc1Cl. The first-order chi connectivity index (χ1) is 13.1. The van der Waals surface area contributed by atoms with Crippen LogP contribution in [0.25, 0.3) is 0 Å². The van der Waals surface area contributed by atoms with E-state index in [0.717, 1.165) is 10.4 Å². The minimum absolute atomic E-state index is 0.102. The largest absolute Gasteiger partial charge is 0.289 e. The van der Waals surface area contributed by atoms with E-state index in [1.807, 2.05) is 0 Å². The van der Waals surface area contributed by atoms with Gasteiger partial charge in [-0.15, -0.1) is 0 Å². The molecular weight excluding hydrogens is 433 g/mol. The van der Waals surface area contributed by atoms with Crippen molar-refractivity contribution in [3.8, 4) is 0 Å². The highest BCUT2D eigenvalue weighted by Gasteiger charge is 2.34. The predicted molar refractivity (Wildman–Crippen MR) is 102 cm³/mol. The summed E-state index contributed by atoms with van der Waals surface area (Å²) in [6.45, 7) is 0.963. The molecule has 150 valence electrons. The van der Waals surface area contributed by atoms with Crippen LogP contribution in [0.2, 0.25) is 10.0 Å². The maximum absolute atomic E-state index is 13.2. The van der Waals surface area contributed by atoms with Crippen LogP contribution < -0.4 is 5.48 Å². The molecule has 9 nitrogen and oxygen atoms in total. The van der Waals surface area contributed by atoms with E-state index in [1.54, 1.807) is 0 Å². The number of hydrogen-bond donors (Lipinski definition) is 2. The number of non-ortho nitro benzene ring substituents is 1. The molecule has 2 aromatic carbocycles. The summed E-state index contributed by atoms with van der Waals surface area (Å²) in [5.74, 6) is -0.969. The number of carbonyl (C=O) groups excluding carboxylic acids is 1. The summed E-state index contributed by atoms with van der Waals surface area (Å²) < 4.78 is 27.1. The lowest BCUT2D eigenvalue weighted by Crippen LogP contribution is -2.46. The number of nitrogens with zero attached hydrogens (tertiary/aromatic N) is 2. The van der Waals surface area contributed by atoms with E-state index in [9.17, 15) is 23.3 Å². The average Bonchev–Trinajstić information content (AvgIpc) is 2.66. The molecule has 2 aromatic rings. The lowest BCUT2D eigenvalue weighted by atomic mass is 10.2. The van der Waals surface area contributed by atoms with Gasteiger partial charge in [0.25, 0.3) is 11.6 Å². The van der Waals surface area contributed by atoms with E-state index in [-0.39, 0.29) is 27.2 Å². The molecule has 1 atom stereocenters. The first kappa shape index (κ1) is 22.1. The van der Waals surface area contributed by atoms with Crippen LogP contribution in [0, 0.1) is 10.1 Å². The smallest absolute Gasteiger partial charge is 0.269 e. The highest BCUT2D eigenvalue weighted by molar-refractivity contribution is 7.89. The number of hydroxylamine groups is 1. The Kier molecular flexibility index (Phi) is 6.96. The lowest BCUT2D eigenvalue weighted by molar-refractivity contribution is -0.384. The molecule has 0 saturated carbocycles. The third kappa shape index (κ3) is 4.78. The minimum Gasteiger partial charge on any atom is -0.289 e. The minimum atomic E-state index is -4.32. The van der Waals surface area contributed by atoms with Gasteiger partial charge in [-0.2, -0.15) is 4.31 Å². The summed E-state index contributed by atoms with van der Waals surface area (Å²) >= 11 is 11.9. The van der Waals surface area contributed by atoms with Crippen molar-refractivity contribution in [1.29, 1.82) is 0 Å². The van der Waals surface area contributed by atoms with Crippen molar-refractivity contribution in [2.24, 2.45) is 0 Å². The second kappa shape index (κ2) is 8.84. The Bertz CT molecular complexity index is 998. The number of hydrogen-bond acceptors (Lipinski definition) is 6. The molecule has 0 aliphatic rings. The Hall–Kier alpha value is -2.24. The van der Waals surface area contributed by atoms with Crippen LogP contribution in [-0.2, 0) is 21.4 Å². The molecule has 2 N–H and O–H groups in total. The van der Waals surface area contributed by atoms with E-state index in [2.05, 4.69) is 0 Å². The molecule has 12 heteroatoms. The molecule has 0 fully saturated rings. The van der Waals surface area contributed by atoms with Crippen molar-refractivity contribution in [2.45, 2.75) is 24.4 Å². The van der Waals surface area contributed by atoms with Gasteiger partial charge in [-0.05, 0) is 30.7 Å². The molecule has 0 radical (unpaired) electrons. The van der Waals surface area contributed by atoms with Crippen LogP contribution in [0.4, 0.5) is 5.69 Å². The third-order valence-electron chi connectivity index (χ3n) is 3.89. The molecule has 0 bridgehead atoms. The number of benzene rings is 2. The Balaban J connectivity index is 2.51. The number of sulfonamides is 1. The van der Waals surface area contributed by atoms with E-state index < -0.39 is 26.9 Å². The number of rotatable bonds is 7. The van der Waals surface area contributed by atoms with E-state index in [1.165, 1.54) is 48.8 Å². The van der Waals surface area contributed by atoms with Gasteiger partial charge in [0.2, 0.25) is 10.0 Å². The second-order valence-electron chi connectivity index (χ2n) is 5.70. The van der Waals surface area contributed by atoms with Crippen molar-refractivity contribution in [3.63, 3.8) is 0 Å². The fourth-order valence-corrected chi connectivity index (χ4v) is 4.68. The summed E-state index contributed by atoms with van der Waals surface area (Å²) in [7, 11) is -4.32. The van der Waals surface area contributed by atoms with Gasteiger partial charge < -0.3 is 0 Å². The zero-order valence-electron chi connectivity index (χ0n) is 14.4. The van der Waals surface area contributed by atoms with Gasteiger partial charge in [-0.25, -0.2) is 13.9 Å². The number of carbonyl (C=O) groups is 1. The molecule has 0 spiro atoms. The molecule has 1 amide bonds. The Morgan fingerprint density at radius 3 is 2.39 bits per heavy atom. The Morgan fingerprint density at radius 1 is 1.25 bits per heavy atom. The standard InChI is InChI=1S/C16H15Cl2N3O6S/c1-10(16(22)19-23)20(9-11-2-5-13(6-3-11)21(24)25)28(26,27)15-8-12(17)4-7-14(15)18/h2-8,10,23H,9H2,1H3,(H,19,22). The maximum Gasteiger partial charge on any atom is 0.269 e. The molecule has 2 rings (SSSR count). The number of amides is 1. The molecule has 0 heterocycles. The van der Waals surface area contributed by atoms with Crippen molar-refractivity contribution < 1.29 is 23.3 Å². The van der Waals surface area contributed by atoms with E-state index >= 15 is 0 Å². The van der Waals surface area contributed by atoms with Gasteiger partial charge in [-0.3, -0.25) is 20.1 Å². The predicted octanol–water partition coefficient (Wildman–Crippen LogP) is 2.99. The number of halogens is 2. The summed E-state index contributed by atoms with van der Waals surface area (Å²) in [5.41, 5.74) is 1.62. The van der Waals surface area contributed by atoms with Crippen molar-refractivity contribution in [3.05, 3.63) is 68.2 Å². The lowest BCUT2D eigenvalue weighted by Gasteiger charge is -2.27. The zero-order chi connectivity index (χ0) is 21.1. The normalized spacial score (nSPS) is 12.6. The monoisotopic (exact) mass is 447 g/mol. The fraction of sp³-hybridized carbons (Fsp3) is 0.188. The number of nitro groups is 1. The summed E-state index contributed by atoms with van der Waals surface area (Å²) in [4.78, 5) is 21.8. The summed E-state index contributed by atoms with van der Waals surface area (Å²) in [5, 5.41) is 19.7. The molecular formula is C16H15Cl2N3O6S. The van der Waals surface area contributed by atoms with Gasteiger partial charge >= 0.3 is 0 Å². The summed E-state index contributed by atoms with van der Waals surface area (Å²) in [6.07, 6.45) is 0. The quantitative estimate of drug-likeness (QED) is 0.381. The number of nitrogens with one attached hydrogen (secondary N) is 1. The topological polar surface area (TPSA) is 130 Å². The van der Waals surface area contributed by atoms with Crippen molar-refractivity contribution in [2.75, 3.05) is 0 Å². The van der Waals surface area contributed by atoms with Crippen LogP contribution >= 0.6 is 23.2 Å². The Morgan fingerprint density at radius 2 is 1.86 bits per heavy atom. The first-order valence-corrected chi connectivity index (χ1v) is 9.91. The molecule has 0 saturated heterocycles. The van der Waals surface area contributed by atoms with Crippen LogP contribution in [0.15, 0.2) is 47.4 Å². The maximum atomic E-state index is 13.2. The molecule has 1 unspecified atom stereocenters. The van der Waals surface area contributed by atoms with Crippen LogP contribution in [0.3, 0.4) is 0 Å². The molecule has 0 aliphatic heterocycles. The molecule has 0 aliphatic carbocycles. The molecule has 28 heavy (non-hydrogen) atoms. The average molecular weight is 448 g/mol. The van der Waals surface area contributed by atoms with Crippen molar-refractivity contribution >= 4 is 44.8 Å². The molecule has 0 aromatic heterocycles. The van der Waals surface area contributed by atoms with Gasteiger partial charge in [-0.1, -0.05) is 35.3 Å². The van der Waals surface area contributed by atoms with Gasteiger partial charge in [0, 0.05) is 23.7 Å². The third-order valence-corrected chi connectivity index (χ3v) is 6.52.